The molecule has 40 heavy (non-hydrogen) atoms. The van der Waals surface area contributed by atoms with Crippen molar-refractivity contribution in [3.8, 4) is 0 Å². The van der Waals surface area contributed by atoms with Gasteiger partial charge in [0.15, 0.2) is 0 Å². The van der Waals surface area contributed by atoms with E-state index in [0.717, 1.165) is 47.8 Å². The molecule has 2 saturated carbocycles. The Morgan fingerprint density at radius 2 is 1.77 bits per heavy atom. The monoisotopic (exact) mass is 580 g/mol. The predicted molar refractivity (Wildman–Crippen MR) is 166 cm³/mol. The van der Waals surface area contributed by atoms with Crippen LogP contribution in [0.3, 0.4) is 0 Å². The molecule has 1 heterocycles. The Hall–Kier alpha value is -1.60. The van der Waals surface area contributed by atoms with Gasteiger partial charge in [-0.2, -0.15) is 13.2 Å². The largest absolute Gasteiger partial charge is 0.416 e. The second-order valence-corrected chi connectivity index (χ2v) is 13.0. The van der Waals surface area contributed by atoms with Crippen LogP contribution < -0.4 is 0 Å². The number of hydrogen-bond donors (Lipinski definition) is 0. The Labute approximate surface area is 245 Å². The number of fused-ring (bicyclic) bond motifs is 1. The molecule has 0 bridgehead atoms. The summed E-state index contributed by atoms with van der Waals surface area (Å²) in [4.78, 5) is 16.0. The summed E-state index contributed by atoms with van der Waals surface area (Å²) < 4.78 is 42.1. The van der Waals surface area contributed by atoms with Gasteiger partial charge >= 0.3 is 6.18 Å². The van der Waals surface area contributed by atoms with Crippen molar-refractivity contribution in [1.29, 1.82) is 0 Å². The molecule has 0 radical (unpaired) electrons. The van der Waals surface area contributed by atoms with Crippen LogP contribution in [0.25, 0.3) is 0 Å². The summed E-state index contributed by atoms with van der Waals surface area (Å²) >= 11 is 1.52. The number of halogens is 3. The van der Waals surface area contributed by atoms with Gasteiger partial charge in [0.2, 0.25) is 0 Å². The molecular formula is C33H51F3N2OS. The third-order valence-corrected chi connectivity index (χ3v) is 9.92. The molecule has 0 amide bonds. The number of ketones is 1. The number of Topliss-reactive ketones (excluding diaryl/α,β-unsaturated/α-hetero) is 1. The highest BCUT2D eigenvalue weighted by atomic mass is 32.2. The first kappa shape index (κ1) is 34.6. The zero-order valence-electron chi connectivity index (χ0n) is 25.6. The lowest BCUT2D eigenvalue weighted by atomic mass is 9.77. The quantitative estimate of drug-likeness (QED) is 0.146. The maximum absolute atomic E-state index is 12.5. The van der Waals surface area contributed by atoms with Crippen molar-refractivity contribution in [3.05, 3.63) is 46.9 Å². The first-order valence-electron chi connectivity index (χ1n) is 15.0. The first-order chi connectivity index (χ1) is 18.8. The average Bonchev–Trinajstić information content (AvgIpc) is 3.47. The van der Waals surface area contributed by atoms with E-state index in [9.17, 15) is 18.0 Å². The number of nitrogens with zero attached hydrogens (tertiary/aromatic N) is 2. The molecule has 0 spiro atoms. The number of carbonyl (C=O) groups is 1. The number of carbonyl (C=O) groups excluding carboxylic acids is 1. The first-order valence-corrected chi connectivity index (χ1v) is 15.8. The van der Waals surface area contributed by atoms with Gasteiger partial charge < -0.3 is 4.90 Å². The molecule has 0 aromatic carbocycles. The van der Waals surface area contributed by atoms with E-state index in [-0.39, 0.29) is 5.41 Å². The van der Waals surface area contributed by atoms with Crippen LogP contribution >= 0.6 is 11.9 Å². The van der Waals surface area contributed by atoms with E-state index in [1.807, 2.05) is 34.6 Å². The highest BCUT2D eigenvalue weighted by molar-refractivity contribution is 8.01. The molecule has 0 aromatic heterocycles. The Kier molecular flexibility index (Phi) is 13.5. The van der Waals surface area contributed by atoms with Crippen molar-refractivity contribution in [2.45, 2.75) is 118 Å². The molecule has 0 N–H and O–H groups in total. The third kappa shape index (κ3) is 9.20. The number of hydrogen-bond acceptors (Lipinski definition) is 4. The lowest BCUT2D eigenvalue weighted by Gasteiger charge is -2.37. The summed E-state index contributed by atoms with van der Waals surface area (Å²) in [5.74, 6) is 1.74. The highest BCUT2D eigenvalue weighted by Gasteiger charge is 2.54. The fourth-order valence-electron chi connectivity index (χ4n) is 6.89. The van der Waals surface area contributed by atoms with Gasteiger partial charge in [0.25, 0.3) is 0 Å². The molecule has 3 fully saturated rings. The van der Waals surface area contributed by atoms with Gasteiger partial charge in [-0.05, 0) is 115 Å². The van der Waals surface area contributed by atoms with Crippen molar-refractivity contribution in [2.24, 2.45) is 21.6 Å². The van der Waals surface area contributed by atoms with Crippen LogP contribution in [0, 0.1) is 17.3 Å². The molecule has 2 aliphatic carbocycles. The fourth-order valence-corrected chi connectivity index (χ4v) is 7.34. The number of rotatable bonds is 10. The summed E-state index contributed by atoms with van der Waals surface area (Å²) in [6.07, 6.45) is 8.62. The van der Waals surface area contributed by atoms with Crippen molar-refractivity contribution in [1.82, 2.24) is 4.90 Å². The number of piperidine rings is 1. The standard InChI is InChI=1S/C20H32N2OS.C13H19F3/c1-14(2)24-21-15(3)17-7-10-22(11-8-17)19-12-18-6-5-9-20(18,13-19)16(4)23;1-5-8-10(4)11(6-2)9-12(7-3)13(14,15)16/h17-19H,1,5-13H2,2-4H3;7,9H,3,5-6,8H2,1-2,4H3/b21-15+;11-10+,12-9+/t18?,19-,20?;/m0./s1. The van der Waals surface area contributed by atoms with E-state index in [1.54, 1.807) is 0 Å². The van der Waals surface area contributed by atoms with Crippen LogP contribution in [0.2, 0.25) is 0 Å². The summed E-state index contributed by atoms with van der Waals surface area (Å²) in [5.41, 5.74) is 2.42. The van der Waals surface area contributed by atoms with Gasteiger partial charge in [-0.25, -0.2) is 4.40 Å². The minimum Gasteiger partial charge on any atom is -0.300 e. The van der Waals surface area contributed by atoms with Crippen LogP contribution in [0.1, 0.15) is 106 Å². The summed E-state index contributed by atoms with van der Waals surface area (Å²) in [5, 5.41) is 0. The Bertz CT molecular complexity index is 988. The Morgan fingerprint density at radius 1 is 1.12 bits per heavy atom. The molecule has 0 aromatic rings. The Morgan fingerprint density at radius 3 is 2.25 bits per heavy atom. The molecule has 3 atom stereocenters. The summed E-state index contributed by atoms with van der Waals surface area (Å²) in [7, 11) is 0. The molecule has 3 nitrogen and oxygen atoms in total. The van der Waals surface area contributed by atoms with E-state index in [0.29, 0.717) is 30.1 Å². The van der Waals surface area contributed by atoms with Gasteiger partial charge in [0.05, 0.1) is 5.57 Å². The van der Waals surface area contributed by atoms with E-state index in [4.69, 9.17) is 0 Å². The lowest BCUT2D eigenvalue weighted by Crippen LogP contribution is -2.42. The summed E-state index contributed by atoms with van der Waals surface area (Å²) in [6.45, 7) is 21.2. The van der Waals surface area contributed by atoms with Gasteiger partial charge in [0.1, 0.15) is 5.78 Å². The predicted octanol–water partition coefficient (Wildman–Crippen LogP) is 10.1. The maximum Gasteiger partial charge on any atom is 0.416 e. The van der Waals surface area contributed by atoms with Crippen LogP contribution in [-0.4, -0.2) is 41.7 Å². The van der Waals surface area contributed by atoms with Crippen molar-refractivity contribution in [2.75, 3.05) is 13.1 Å². The number of likely N-dealkylation sites (tertiary alicyclic amines) is 1. The van der Waals surface area contributed by atoms with Crippen molar-refractivity contribution in [3.63, 3.8) is 0 Å². The molecule has 1 saturated heterocycles. The Balaban J connectivity index is 0.000000307. The molecule has 3 rings (SSSR count). The van der Waals surface area contributed by atoms with E-state index in [1.165, 1.54) is 68.9 Å². The zero-order valence-corrected chi connectivity index (χ0v) is 26.4. The minimum atomic E-state index is -4.31. The summed E-state index contributed by atoms with van der Waals surface area (Å²) in [6, 6.07) is 0.641. The zero-order chi connectivity index (χ0) is 30.1. The van der Waals surface area contributed by atoms with E-state index in [2.05, 4.69) is 29.4 Å². The molecule has 1 aliphatic heterocycles. The van der Waals surface area contributed by atoms with Crippen LogP contribution in [-0.2, 0) is 4.79 Å². The lowest BCUT2D eigenvalue weighted by molar-refractivity contribution is -0.127. The molecular weight excluding hydrogens is 529 g/mol. The van der Waals surface area contributed by atoms with Gasteiger partial charge in [-0.3, -0.25) is 4.79 Å². The highest BCUT2D eigenvalue weighted by Crippen LogP contribution is 2.56. The van der Waals surface area contributed by atoms with E-state index < -0.39 is 11.7 Å². The minimum absolute atomic E-state index is 0.0387. The maximum atomic E-state index is 12.5. The SMILES string of the molecule is C=C(C)S/N=C(\C)C1CCN([C@H]2CC3CCCC3(C(C)=O)C2)CC1.C=C/C(=C\C(CC)=C(/C)CCC)C(F)(F)F. The number of allylic oxidation sites excluding steroid dienone is 6. The van der Waals surface area contributed by atoms with Crippen molar-refractivity contribution >= 4 is 23.4 Å². The molecule has 226 valence electrons. The second kappa shape index (κ2) is 15.6. The van der Waals surface area contributed by atoms with Gasteiger partial charge in [0, 0.05) is 35.0 Å². The number of alkyl halides is 3. The van der Waals surface area contributed by atoms with Crippen LogP contribution in [0.5, 0.6) is 0 Å². The van der Waals surface area contributed by atoms with Crippen LogP contribution in [0.4, 0.5) is 13.2 Å². The van der Waals surface area contributed by atoms with Crippen LogP contribution in [0.15, 0.2) is 51.3 Å². The molecule has 3 aliphatic rings. The second-order valence-electron chi connectivity index (χ2n) is 11.9. The smallest absolute Gasteiger partial charge is 0.300 e. The van der Waals surface area contributed by atoms with Gasteiger partial charge in [-0.1, -0.05) is 51.5 Å². The topological polar surface area (TPSA) is 32.7 Å². The normalized spacial score (nSPS) is 27.0. The average molecular weight is 581 g/mol. The molecule has 7 heteroatoms. The van der Waals surface area contributed by atoms with Crippen molar-refractivity contribution < 1.29 is 18.0 Å². The molecule has 2 unspecified atom stereocenters. The fraction of sp³-hybridized carbons (Fsp3) is 0.697. The van der Waals surface area contributed by atoms with Gasteiger partial charge in [-0.15, -0.1) is 0 Å². The third-order valence-electron chi connectivity index (χ3n) is 9.23. The van der Waals surface area contributed by atoms with E-state index >= 15 is 0 Å².